The zero-order chi connectivity index (χ0) is 13.9. The van der Waals surface area contributed by atoms with E-state index < -0.39 is 0 Å². The summed E-state index contributed by atoms with van der Waals surface area (Å²) in [5, 5.41) is 10.6. The van der Waals surface area contributed by atoms with Crippen LogP contribution in [0.3, 0.4) is 0 Å². The number of methoxy groups -OCH3 is 1. The first-order valence-corrected chi connectivity index (χ1v) is 7.15. The van der Waals surface area contributed by atoms with Crippen LogP contribution in [0.15, 0.2) is 36.4 Å². The fourth-order valence-corrected chi connectivity index (χ4v) is 2.80. The third-order valence-electron chi connectivity index (χ3n) is 3.97. The molecule has 0 unspecified atom stereocenters. The van der Waals surface area contributed by atoms with E-state index in [2.05, 4.69) is 29.2 Å². The van der Waals surface area contributed by atoms with Crippen molar-refractivity contribution < 1.29 is 4.74 Å². The number of likely N-dealkylation sites (tertiary alicyclic amines) is 1. The normalized spacial score (nSPS) is 14.8. The summed E-state index contributed by atoms with van der Waals surface area (Å²) in [4.78, 5) is 2.19. The Bertz CT molecular complexity index is 630. The first kappa shape index (κ1) is 13.0. The van der Waals surface area contributed by atoms with Crippen molar-refractivity contribution in [2.75, 3.05) is 20.2 Å². The van der Waals surface area contributed by atoms with Crippen molar-refractivity contribution in [3.05, 3.63) is 42.0 Å². The maximum Gasteiger partial charge on any atom is 0.119 e. The van der Waals surface area contributed by atoms with E-state index >= 15 is 0 Å². The highest BCUT2D eigenvalue weighted by Gasteiger charge is 2.15. The van der Waals surface area contributed by atoms with E-state index in [4.69, 9.17) is 10.1 Å². The molecule has 1 saturated heterocycles. The minimum absolute atomic E-state index is 0.724. The number of amidine groups is 1. The molecular weight excluding hydrogens is 248 g/mol. The van der Waals surface area contributed by atoms with Crippen molar-refractivity contribution in [1.29, 1.82) is 5.41 Å². The van der Waals surface area contributed by atoms with Gasteiger partial charge in [-0.15, -0.1) is 0 Å². The number of nitrogens with one attached hydrogen (secondary N) is 1. The molecule has 1 heterocycles. The number of fused-ring (bicyclic) bond motifs is 1. The highest BCUT2D eigenvalue weighted by atomic mass is 16.5. The largest absolute Gasteiger partial charge is 0.497 e. The second-order valence-corrected chi connectivity index (χ2v) is 5.37. The van der Waals surface area contributed by atoms with Crippen LogP contribution in [-0.4, -0.2) is 30.9 Å². The second kappa shape index (κ2) is 5.53. The molecule has 0 saturated carbocycles. The Hall–Kier alpha value is -2.03. The minimum atomic E-state index is 0.724. The number of rotatable bonds is 3. The van der Waals surface area contributed by atoms with Crippen LogP contribution in [0.4, 0.5) is 0 Å². The maximum atomic E-state index is 8.20. The van der Waals surface area contributed by atoms with Crippen molar-refractivity contribution in [3.63, 3.8) is 0 Å². The Morgan fingerprint density at radius 1 is 1.10 bits per heavy atom. The molecular formula is C17H20N2O. The highest BCUT2D eigenvalue weighted by molar-refractivity contribution is 5.87. The summed E-state index contributed by atoms with van der Waals surface area (Å²) in [6.07, 6.45) is 3.17. The third-order valence-corrected chi connectivity index (χ3v) is 3.97. The van der Waals surface area contributed by atoms with Crippen LogP contribution in [0.1, 0.15) is 18.4 Å². The summed E-state index contributed by atoms with van der Waals surface area (Å²) < 4.78 is 5.24. The van der Waals surface area contributed by atoms with Gasteiger partial charge in [0.1, 0.15) is 11.6 Å². The quantitative estimate of drug-likeness (QED) is 0.683. The Morgan fingerprint density at radius 2 is 1.80 bits per heavy atom. The summed E-state index contributed by atoms with van der Waals surface area (Å²) in [7, 11) is 1.69. The fourth-order valence-electron chi connectivity index (χ4n) is 2.80. The molecule has 104 valence electrons. The van der Waals surface area contributed by atoms with E-state index in [0.29, 0.717) is 0 Å². The van der Waals surface area contributed by atoms with Gasteiger partial charge in [0.05, 0.1) is 7.11 Å². The Balaban J connectivity index is 1.80. The summed E-state index contributed by atoms with van der Waals surface area (Å²) in [5.74, 6) is 1.63. The second-order valence-electron chi connectivity index (χ2n) is 5.37. The lowest BCUT2D eigenvalue weighted by Gasteiger charge is -2.18. The van der Waals surface area contributed by atoms with Crippen molar-refractivity contribution in [1.82, 2.24) is 4.90 Å². The molecule has 3 heteroatoms. The topological polar surface area (TPSA) is 36.3 Å². The molecule has 3 rings (SSSR count). The molecule has 0 aromatic heterocycles. The lowest BCUT2D eigenvalue weighted by Crippen LogP contribution is -2.28. The molecule has 20 heavy (non-hydrogen) atoms. The number of hydrogen-bond acceptors (Lipinski definition) is 2. The van der Waals surface area contributed by atoms with Gasteiger partial charge >= 0.3 is 0 Å². The van der Waals surface area contributed by atoms with Gasteiger partial charge in [-0.25, -0.2) is 0 Å². The van der Waals surface area contributed by atoms with Crippen molar-refractivity contribution in [2.45, 2.75) is 19.3 Å². The molecule has 1 N–H and O–H groups in total. The molecule has 0 amide bonds. The van der Waals surface area contributed by atoms with E-state index in [1.165, 1.54) is 29.2 Å². The van der Waals surface area contributed by atoms with Gasteiger partial charge in [0.15, 0.2) is 0 Å². The fraction of sp³-hybridized carbons (Fsp3) is 0.353. The molecule has 1 fully saturated rings. The van der Waals surface area contributed by atoms with Gasteiger partial charge in [0, 0.05) is 19.5 Å². The minimum Gasteiger partial charge on any atom is -0.497 e. The molecule has 2 aromatic carbocycles. The molecule has 2 aromatic rings. The zero-order valence-corrected chi connectivity index (χ0v) is 11.9. The van der Waals surface area contributed by atoms with Crippen LogP contribution < -0.4 is 4.74 Å². The van der Waals surface area contributed by atoms with E-state index in [9.17, 15) is 0 Å². The molecule has 0 spiro atoms. The number of hydrogen-bond donors (Lipinski definition) is 1. The van der Waals surface area contributed by atoms with E-state index in [-0.39, 0.29) is 0 Å². The molecule has 0 atom stereocenters. The maximum absolute atomic E-state index is 8.20. The van der Waals surface area contributed by atoms with Crippen LogP contribution in [-0.2, 0) is 6.42 Å². The first-order chi connectivity index (χ1) is 9.76. The van der Waals surface area contributed by atoms with Crippen LogP contribution in [0.5, 0.6) is 5.75 Å². The van der Waals surface area contributed by atoms with E-state index in [1.54, 1.807) is 7.11 Å². The van der Waals surface area contributed by atoms with E-state index in [0.717, 1.165) is 31.1 Å². The average molecular weight is 268 g/mol. The SMILES string of the molecule is COc1ccc2cc(CC(=N)N3CCCC3)ccc2c1. The Morgan fingerprint density at radius 3 is 2.55 bits per heavy atom. The van der Waals surface area contributed by atoms with Crippen LogP contribution in [0.25, 0.3) is 10.8 Å². The Kier molecular flexibility index (Phi) is 3.59. The van der Waals surface area contributed by atoms with Gasteiger partial charge in [-0.1, -0.05) is 24.3 Å². The van der Waals surface area contributed by atoms with E-state index in [1.807, 2.05) is 12.1 Å². The molecule has 0 bridgehead atoms. The standard InChI is InChI=1S/C17H20N2O/c1-20-16-7-6-14-10-13(4-5-15(14)12-16)11-17(18)19-8-2-3-9-19/h4-7,10,12,18H,2-3,8-9,11H2,1H3. The molecule has 3 nitrogen and oxygen atoms in total. The summed E-state index contributed by atoms with van der Waals surface area (Å²) >= 11 is 0. The molecule has 0 radical (unpaired) electrons. The van der Waals surface area contributed by atoms with Crippen molar-refractivity contribution >= 4 is 16.6 Å². The molecule has 1 aliphatic heterocycles. The first-order valence-electron chi connectivity index (χ1n) is 7.15. The van der Waals surface area contributed by atoms with Gasteiger partial charge < -0.3 is 9.64 Å². The summed E-state index contributed by atoms with van der Waals surface area (Å²) in [5.41, 5.74) is 1.21. The smallest absolute Gasteiger partial charge is 0.119 e. The van der Waals surface area contributed by atoms with Crippen LogP contribution in [0.2, 0.25) is 0 Å². The Labute approximate surface area is 119 Å². The summed E-state index contributed by atoms with van der Waals surface area (Å²) in [6, 6.07) is 12.5. The van der Waals surface area contributed by atoms with Crippen molar-refractivity contribution in [3.8, 4) is 5.75 Å². The monoisotopic (exact) mass is 268 g/mol. The molecule has 0 aliphatic carbocycles. The molecule has 1 aliphatic rings. The average Bonchev–Trinajstić information content (AvgIpc) is 3.01. The number of ether oxygens (including phenoxy) is 1. The predicted octanol–water partition coefficient (Wildman–Crippen LogP) is 3.46. The zero-order valence-electron chi connectivity index (χ0n) is 11.9. The van der Waals surface area contributed by atoms with Crippen LogP contribution in [0, 0.1) is 5.41 Å². The van der Waals surface area contributed by atoms with Gasteiger partial charge in [0.25, 0.3) is 0 Å². The van der Waals surface area contributed by atoms with Gasteiger partial charge in [-0.3, -0.25) is 5.41 Å². The predicted molar refractivity (Wildman–Crippen MR) is 82.7 cm³/mol. The lowest BCUT2D eigenvalue weighted by molar-refractivity contribution is 0.415. The third kappa shape index (κ3) is 2.62. The highest BCUT2D eigenvalue weighted by Crippen LogP contribution is 2.22. The summed E-state index contributed by atoms with van der Waals surface area (Å²) in [6.45, 7) is 2.09. The van der Waals surface area contributed by atoms with Gasteiger partial charge in [-0.2, -0.15) is 0 Å². The lowest BCUT2D eigenvalue weighted by atomic mass is 10.0. The number of benzene rings is 2. The van der Waals surface area contributed by atoms with Crippen LogP contribution >= 0.6 is 0 Å². The van der Waals surface area contributed by atoms with Gasteiger partial charge in [-0.05, 0) is 41.3 Å². The van der Waals surface area contributed by atoms with Gasteiger partial charge in [0.2, 0.25) is 0 Å². The van der Waals surface area contributed by atoms with Crippen molar-refractivity contribution in [2.24, 2.45) is 0 Å². The number of nitrogens with zero attached hydrogens (tertiary/aromatic N) is 1.